The number of pyridine rings is 1. The van der Waals surface area contributed by atoms with Crippen molar-refractivity contribution < 1.29 is 81.1 Å². The first-order valence-electron chi connectivity index (χ1n) is 34.5. The van der Waals surface area contributed by atoms with E-state index in [1.807, 2.05) is 56.0 Å². The summed E-state index contributed by atoms with van der Waals surface area (Å²) in [7, 11) is 1.53. The molecule has 1 aliphatic rings. The highest BCUT2D eigenvalue weighted by Crippen LogP contribution is 2.31. The molecule has 0 aliphatic carbocycles. The Morgan fingerprint density at radius 3 is 1.35 bits per heavy atom. The standard InChI is InChI=1S/C73H114N10O17/c1-68(2,3)95-58(85)32-31-55(66(92)100-73(16,17)18)79-67(93)78-54(65(91)99-72(13,14)15)26-22-23-33-74-63(89)56(42-51-29-28-50-24-20-21-25-52(50)62(51)94-19)77-64(90)53-30-27-49(43-75-53)44-76-57(84)45-80-34-36-81(46-59(86)96-69(4,5)6)38-40-83(48-61(88)98-71(10,11)12)41-39-82(37-35-80)47-60(87)97-70(7,8)9/h20-21,24-25,27-30,43,54-56H,22-23,26,31-42,44-48H2,1-19H3,(H,74,89)(H,76,84)(H,77,90)(H2,78,79,93)/t54-,55-,56+/m0/s1. The fourth-order valence-electron chi connectivity index (χ4n) is 10.4. The van der Waals surface area contributed by atoms with Crippen molar-refractivity contribution in [3.63, 3.8) is 0 Å². The highest BCUT2D eigenvalue weighted by Gasteiger charge is 2.33. The van der Waals surface area contributed by atoms with Gasteiger partial charge in [0.05, 0.1) is 33.3 Å². The van der Waals surface area contributed by atoms with Gasteiger partial charge >= 0.3 is 41.8 Å². The van der Waals surface area contributed by atoms with E-state index in [-0.39, 0.29) is 83.0 Å². The number of fused-ring (bicyclic) bond motifs is 1. The Labute approximate surface area is 591 Å². The van der Waals surface area contributed by atoms with Crippen molar-refractivity contribution in [3.05, 3.63) is 71.5 Å². The Hall–Kier alpha value is -8.01. The molecule has 2 heterocycles. The summed E-state index contributed by atoms with van der Waals surface area (Å²) in [6.45, 7) is 34.3. The lowest BCUT2D eigenvalue weighted by molar-refractivity contribution is -0.159. The summed E-state index contributed by atoms with van der Waals surface area (Å²) in [6, 6.07) is 9.93. The minimum Gasteiger partial charge on any atom is -0.496 e. The van der Waals surface area contributed by atoms with Crippen LogP contribution in [0.5, 0.6) is 5.75 Å². The van der Waals surface area contributed by atoms with Gasteiger partial charge in [-0.3, -0.25) is 58.1 Å². The number of rotatable bonds is 28. The third-order valence-electron chi connectivity index (χ3n) is 14.6. The van der Waals surface area contributed by atoms with Crippen molar-refractivity contribution in [2.75, 3.05) is 92.2 Å². The quantitative estimate of drug-likeness (QED) is 0.0291. The van der Waals surface area contributed by atoms with Crippen molar-refractivity contribution in [2.24, 2.45) is 0 Å². The average Bonchev–Trinajstić information content (AvgIpc) is 0.802. The predicted molar refractivity (Wildman–Crippen MR) is 378 cm³/mol. The Kier molecular flexibility index (Phi) is 32.2. The molecule has 0 unspecified atom stereocenters. The number of amides is 5. The van der Waals surface area contributed by atoms with Crippen LogP contribution >= 0.6 is 0 Å². The molecule has 0 saturated carbocycles. The Morgan fingerprint density at radius 1 is 0.470 bits per heavy atom. The van der Waals surface area contributed by atoms with E-state index in [0.29, 0.717) is 75.7 Å². The molecule has 1 aromatic heterocycles. The number of ether oxygens (including phenoxy) is 7. The number of unbranched alkanes of at least 4 members (excludes halogenated alkanes) is 1. The van der Waals surface area contributed by atoms with Crippen molar-refractivity contribution in [2.45, 2.75) is 221 Å². The molecule has 27 heteroatoms. The van der Waals surface area contributed by atoms with Crippen molar-refractivity contribution in [1.29, 1.82) is 0 Å². The van der Waals surface area contributed by atoms with Crippen LogP contribution < -0.4 is 31.3 Å². The van der Waals surface area contributed by atoms with Crippen LogP contribution in [0.1, 0.15) is 178 Å². The predicted octanol–water partition coefficient (Wildman–Crippen LogP) is 6.58. The lowest BCUT2D eigenvalue weighted by Crippen LogP contribution is -2.53. The van der Waals surface area contributed by atoms with E-state index in [9.17, 15) is 47.9 Å². The van der Waals surface area contributed by atoms with Crippen molar-refractivity contribution in [1.82, 2.24) is 51.2 Å². The fraction of sp³-hybridized carbons (Fsp3) is 0.658. The fourth-order valence-corrected chi connectivity index (χ4v) is 10.4. The molecule has 0 radical (unpaired) electrons. The summed E-state index contributed by atoms with van der Waals surface area (Å²) in [5.41, 5.74) is -3.59. The summed E-state index contributed by atoms with van der Waals surface area (Å²) in [6.07, 6.45) is 1.75. The number of hydrogen-bond donors (Lipinski definition) is 5. The van der Waals surface area contributed by atoms with Crippen molar-refractivity contribution >= 4 is 70.3 Å². The average molecular weight is 1400 g/mol. The second-order valence-corrected chi connectivity index (χ2v) is 31.1. The van der Waals surface area contributed by atoms with Crippen LogP contribution in [0.4, 0.5) is 4.79 Å². The molecule has 3 aromatic rings. The number of nitrogens with zero attached hydrogens (tertiary/aromatic N) is 5. The van der Waals surface area contributed by atoms with Gasteiger partial charge in [0.1, 0.15) is 63.2 Å². The smallest absolute Gasteiger partial charge is 0.329 e. The third kappa shape index (κ3) is 34.4. The number of methoxy groups -OCH3 is 1. The van der Waals surface area contributed by atoms with Gasteiger partial charge in [-0.05, 0) is 173 Å². The van der Waals surface area contributed by atoms with Gasteiger partial charge in [-0.2, -0.15) is 0 Å². The van der Waals surface area contributed by atoms with Gasteiger partial charge in [0.2, 0.25) is 11.8 Å². The van der Waals surface area contributed by atoms with Crippen molar-refractivity contribution in [3.8, 4) is 5.75 Å². The number of benzene rings is 2. The largest absolute Gasteiger partial charge is 0.496 e. The number of urea groups is 1. The highest BCUT2D eigenvalue weighted by molar-refractivity contribution is 5.97. The van der Waals surface area contributed by atoms with Gasteiger partial charge in [0.15, 0.2) is 0 Å². The molecule has 2 aromatic carbocycles. The first-order chi connectivity index (χ1) is 46.3. The van der Waals surface area contributed by atoms with E-state index in [1.165, 1.54) is 19.4 Å². The second kappa shape index (κ2) is 38.1. The SMILES string of the molecule is COc1c(C[C@@H](NC(=O)c2ccc(CNC(=O)CN3CCN(CC(=O)OC(C)(C)C)CCN(CC(=O)OC(C)(C)C)CCN(CC(=O)OC(C)(C)C)CC3)cn2)C(=O)NCCCC[C@H](NC(=O)N[C@@H](CCC(=O)OC(C)(C)C)C(=O)OC(C)(C)C)C(=O)OC(C)(C)C)ccc2ccccc12. The number of nitrogens with one attached hydrogen (secondary N) is 5. The van der Waals surface area contributed by atoms with Crippen LogP contribution in [0, 0.1) is 0 Å². The molecule has 0 spiro atoms. The second-order valence-electron chi connectivity index (χ2n) is 31.1. The molecule has 0 bridgehead atoms. The van der Waals surface area contributed by atoms with Crippen LogP contribution in [0.3, 0.4) is 0 Å². The van der Waals surface area contributed by atoms with Gasteiger partial charge in [-0.1, -0.05) is 42.5 Å². The topological polar surface area (TPSA) is 321 Å². The molecule has 100 heavy (non-hydrogen) atoms. The number of hydrogen-bond acceptors (Lipinski definition) is 22. The van der Waals surface area contributed by atoms with E-state index >= 15 is 0 Å². The molecule has 5 amide bonds. The van der Waals surface area contributed by atoms with Gasteiger partial charge in [0, 0.05) is 89.9 Å². The van der Waals surface area contributed by atoms with Gasteiger partial charge in [-0.15, -0.1) is 0 Å². The normalized spacial score (nSPS) is 15.4. The van der Waals surface area contributed by atoms with Crippen LogP contribution in [0.2, 0.25) is 0 Å². The minimum atomic E-state index is -1.28. The number of carbonyl (C=O) groups is 10. The first-order valence-corrected chi connectivity index (χ1v) is 34.5. The van der Waals surface area contributed by atoms with Gasteiger partial charge in [0.25, 0.3) is 5.91 Å². The first kappa shape index (κ1) is 84.4. The zero-order chi connectivity index (χ0) is 75.0. The van der Waals surface area contributed by atoms with E-state index in [0.717, 1.165) is 10.8 Å². The van der Waals surface area contributed by atoms with E-state index in [1.54, 1.807) is 131 Å². The molecular weight excluding hydrogens is 1290 g/mol. The van der Waals surface area contributed by atoms with E-state index < -0.39 is 105 Å². The molecule has 558 valence electrons. The maximum Gasteiger partial charge on any atom is 0.329 e. The Balaban J connectivity index is 1.49. The van der Waals surface area contributed by atoms with E-state index in [4.69, 9.17) is 33.2 Å². The molecule has 3 atom stereocenters. The van der Waals surface area contributed by atoms with Gasteiger partial charge in [-0.25, -0.2) is 14.4 Å². The number of aromatic nitrogens is 1. The maximum atomic E-state index is 14.3. The number of carbonyl (C=O) groups excluding carboxylic acids is 10. The summed E-state index contributed by atoms with van der Waals surface area (Å²) in [5.74, 6) is -4.36. The van der Waals surface area contributed by atoms with E-state index in [2.05, 4.69) is 31.6 Å². The molecule has 1 saturated heterocycles. The number of esters is 6. The molecule has 27 nitrogen and oxygen atoms in total. The molecular formula is C73H114N10O17. The van der Waals surface area contributed by atoms with Crippen LogP contribution in [0.25, 0.3) is 10.8 Å². The zero-order valence-corrected chi connectivity index (χ0v) is 62.7. The molecule has 4 rings (SSSR count). The summed E-state index contributed by atoms with van der Waals surface area (Å²) in [5, 5.41) is 15.6. The van der Waals surface area contributed by atoms with Crippen LogP contribution in [0.15, 0.2) is 54.7 Å². The lowest BCUT2D eigenvalue weighted by atomic mass is 9.99. The molecule has 1 fully saturated rings. The Morgan fingerprint density at radius 2 is 0.910 bits per heavy atom. The van der Waals surface area contributed by atoms with Gasteiger partial charge < -0.3 is 59.7 Å². The molecule has 1 aliphatic heterocycles. The Bertz CT molecular complexity index is 3180. The minimum absolute atomic E-state index is 0.00647. The lowest BCUT2D eigenvalue weighted by Gasteiger charge is -2.34. The van der Waals surface area contributed by atoms with Crippen LogP contribution in [-0.2, 0) is 79.7 Å². The molecule has 5 N–H and O–H groups in total. The third-order valence-corrected chi connectivity index (χ3v) is 14.6. The summed E-state index contributed by atoms with van der Waals surface area (Å²) < 4.78 is 39.6. The summed E-state index contributed by atoms with van der Waals surface area (Å²) >= 11 is 0. The highest BCUT2D eigenvalue weighted by atomic mass is 16.6. The maximum absolute atomic E-state index is 14.3. The van der Waals surface area contributed by atoms with Crippen LogP contribution in [-0.4, -0.2) is 228 Å². The monoisotopic (exact) mass is 1400 g/mol. The zero-order valence-electron chi connectivity index (χ0n) is 62.7. The summed E-state index contributed by atoms with van der Waals surface area (Å²) in [4.78, 5) is 147.